The molecule has 0 fully saturated rings. The molecular weight excluding hydrogens is 238 g/mol. The number of amides is 1. The molecule has 4 N–H and O–H groups in total. The van der Waals surface area contributed by atoms with Crippen molar-refractivity contribution < 1.29 is 14.7 Å². The first-order valence-corrected chi connectivity index (χ1v) is 5.11. The smallest absolute Gasteiger partial charge is 0.290 e. The molecule has 0 saturated carbocycles. The normalized spacial score (nSPS) is 9.11. The Labute approximate surface area is 102 Å². The van der Waals surface area contributed by atoms with Crippen molar-refractivity contribution in [3.63, 3.8) is 0 Å². The molecule has 96 valence electrons. The third-order valence-corrected chi connectivity index (χ3v) is 1.96. The summed E-state index contributed by atoms with van der Waals surface area (Å²) in [7, 11) is 0. The van der Waals surface area contributed by atoms with Crippen LogP contribution in [0.3, 0.4) is 0 Å². The minimum absolute atomic E-state index is 0.129. The van der Waals surface area contributed by atoms with Gasteiger partial charge >= 0.3 is 0 Å². The van der Waals surface area contributed by atoms with E-state index in [1.54, 1.807) is 18.6 Å². The first-order chi connectivity index (χ1) is 8.77. The Morgan fingerprint density at radius 1 is 1.56 bits per heavy atom. The Morgan fingerprint density at radius 3 is 2.89 bits per heavy atom. The molecule has 0 aliphatic heterocycles. The number of nitrogens with one attached hydrogen (secondary N) is 3. The molecule has 0 bridgehead atoms. The minimum atomic E-state index is -0.250. The lowest BCUT2D eigenvalue weighted by atomic mass is 10.3. The van der Waals surface area contributed by atoms with Gasteiger partial charge < -0.3 is 15.4 Å². The van der Waals surface area contributed by atoms with Gasteiger partial charge in [0.05, 0.1) is 11.8 Å². The van der Waals surface area contributed by atoms with Gasteiger partial charge in [0.15, 0.2) is 0 Å². The van der Waals surface area contributed by atoms with Crippen LogP contribution in [0.2, 0.25) is 0 Å². The summed E-state index contributed by atoms with van der Waals surface area (Å²) in [5.41, 5.74) is 0.537. The van der Waals surface area contributed by atoms with Crippen LogP contribution in [0.1, 0.15) is 16.2 Å². The maximum atomic E-state index is 11.4. The van der Waals surface area contributed by atoms with Crippen LogP contribution in [-0.2, 0) is 11.2 Å². The first kappa shape index (κ1) is 13.4. The molecule has 0 unspecified atom stereocenters. The molecule has 0 aliphatic carbocycles. The Hall–Kier alpha value is -2.64. The highest BCUT2D eigenvalue weighted by Gasteiger charge is 2.05. The van der Waals surface area contributed by atoms with Gasteiger partial charge in [-0.25, -0.2) is 4.98 Å². The second-order valence-electron chi connectivity index (χ2n) is 3.13. The summed E-state index contributed by atoms with van der Waals surface area (Å²) in [5, 5.41) is 15.9. The number of hydrogen-bond donors (Lipinski definition) is 4. The van der Waals surface area contributed by atoms with Crippen LogP contribution in [0.25, 0.3) is 0 Å². The van der Waals surface area contributed by atoms with Gasteiger partial charge in [-0.15, -0.1) is 0 Å². The molecule has 1 amide bonds. The zero-order valence-electron chi connectivity index (χ0n) is 9.46. The van der Waals surface area contributed by atoms with E-state index < -0.39 is 0 Å². The lowest BCUT2D eigenvalue weighted by Crippen LogP contribution is -2.25. The maximum absolute atomic E-state index is 11.4. The van der Waals surface area contributed by atoms with Gasteiger partial charge in [-0.1, -0.05) is 0 Å². The van der Waals surface area contributed by atoms with E-state index in [9.17, 15) is 4.79 Å². The fraction of sp³-hybridized carbons (Fsp3) is 0.200. The van der Waals surface area contributed by atoms with E-state index in [1.165, 1.54) is 6.20 Å². The van der Waals surface area contributed by atoms with Gasteiger partial charge in [0.2, 0.25) is 0 Å². The van der Waals surface area contributed by atoms with Crippen LogP contribution in [0, 0.1) is 0 Å². The topological polar surface area (TPSA) is 124 Å². The summed E-state index contributed by atoms with van der Waals surface area (Å²) < 4.78 is 0. The van der Waals surface area contributed by atoms with Crippen molar-refractivity contribution >= 4 is 12.4 Å². The summed E-state index contributed by atoms with van der Waals surface area (Å²) in [6, 6.07) is 0. The molecule has 18 heavy (non-hydrogen) atoms. The zero-order valence-corrected chi connectivity index (χ0v) is 9.46. The zero-order chi connectivity index (χ0) is 13.2. The molecule has 0 aliphatic rings. The molecular formula is C10H13N5O3. The van der Waals surface area contributed by atoms with Crippen molar-refractivity contribution in [3.8, 4) is 0 Å². The van der Waals surface area contributed by atoms with E-state index in [2.05, 4.69) is 25.5 Å². The van der Waals surface area contributed by atoms with E-state index in [4.69, 9.17) is 9.90 Å². The van der Waals surface area contributed by atoms with Gasteiger partial charge in [0.25, 0.3) is 12.4 Å². The lowest BCUT2D eigenvalue weighted by Gasteiger charge is -2.00. The summed E-state index contributed by atoms with van der Waals surface area (Å²) in [5.74, 6) is 0.734. The SMILES string of the molecule is O=C(NCCc1ncc[nH]1)c1cn[nH]c1.O=CO. The van der Waals surface area contributed by atoms with Crippen molar-refractivity contribution in [3.05, 3.63) is 36.2 Å². The Morgan fingerprint density at radius 2 is 2.33 bits per heavy atom. The van der Waals surface area contributed by atoms with E-state index >= 15 is 0 Å². The average molecular weight is 251 g/mol. The largest absolute Gasteiger partial charge is 0.483 e. The van der Waals surface area contributed by atoms with Crippen LogP contribution in [0.4, 0.5) is 0 Å². The molecule has 0 aromatic carbocycles. The minimum Gasteiger partial charge on any atom is -0.483 e. The predicted octanol–water partition coefficient (Wildman–Crippen LogP) is -0.194. The summed E-state index contributed by atoms with van der Waals surface area (Å²) >= 11 is 0. The number of aromatic nitrogens is 4. The number of hydrogen-bond acceptors (Lipinski definition) is 4. The van der Waals surface area contributed by atoms with E-state index in [0.717, 1.165) is 5.82 Å². The van der Waals surface area contributed by atoms with Gasteiger partial charge in [-0.3, -0.25) is 14.7 Å². The monoisotopic (exact) mass is 251 g/mol. The maximum Gasteiger partial charge on any atom is 0.290 e. The summed E-state index contributed by atoms with van der Waals surface area (Å²) in [4.78, 5) is 26.8. The van der Waals surface area contributed by atoms with Crippen molar-refractivity contribution in [1.82, 2.24) is 25.5 Å². The van der Waals surface area contributed by atoms with Crippen molar-refractivity contribution in [2.24, 2.45) is 0 Å². The second kappa shape index (κ2) is 7.60. The highest BCUT2D eigenvalue weighted by molar-refractivity contribution is 5.93. The van der Waals surface area contributed by atoms with E-state index in [-0.39, 0.29) is 12.4 Å². The highest BCUT2D eigenvalue weighted by Crippen LogP contribution is 1.93. The van der Waals surface area contributed by atoms with Crippen molar-refractivity contribution in [2.45, 2.75) is 6.42 Å². The molecule has 2 aromatic rings. The number of carbonyl (C=O) groups excluding carboxylic acids is 1. The number of H-pyrrole nitrogens is 2. The second-order valence-corrected chi connectivity index (χ2v) is 3.13. The van der Waals surface area contributed by atoms with Crippen molar-refractivity contribution in [2.75, 3.05) is 6.54 Å². The average Bonchev–Trinajstić information content (AvgIpc) is 3.03. The molecule has 0 atom stereocenters. The van der Waals surface area contributed by atoms with Gasteiger partial charge in [-0.05, 0) is 0 Å². The molecule has 8 nitrogen and oxygen atoms in total. The molecule has 0 spiro atoms. The predicted molar refractivity (Wildman–Crippen MR) is 61.9 cm³/mol. The quantitative estimate of drug-likeness (QED) is 0.560. The fourth-order valence-corrected chi connectivity index (χ4v) is 1.21. The van der Waals surface area contributed by atoms with Crippen LogP contribution < -0.4 is 5.32 Å². The van der Waals surface area contributed by atoms with Crippen LogP contribution in [0.15, 0.2) is 24.8 Å². The summed E-state index contributed by atoms with van der Waals surface area (Å²) in [6.07, 6.45) is 7.18. The summed E-state index contributed by atoms with van der Waals surface area (Å²) in [6.45, 7) is 0.303. The number of rotatable bonds is 4. The number of carbonyl (C=O) groups is 2. The molecule has 0 saturated heterocycles. The number of aromatic amines is 2. The number of carboxylic acid groups (broad SMARTS) is 1. The van der Waals surface area contributed by atoms with Gasteiger partial charge in [0.1, 0.15) is 5.82 Å². The van der Waals surface area contributed by atoms with Crippen LogP contribution in [-0.4, -0.2) is 44.2 Å². The van der Waals surface area contributed by atoms with Gasteiger partial charge in [-0.2, -0.15) is 5.10 Å². The molecule has 2 heterocycles. The third-order valence-electron chi connectivity index (χ3n) is 1.96. The Balaban J connectivity index is 0.000000492. The standard InChI is InChI=1S/C9H11N5O.CH2O2/c15-9(7-5-13-14-6-7)12-2-1-8-10-3-4-11-8;2-1-3/h3-6H,1-2H2,(H,10,11)(H,12,15)(H,13,14);1H,(H,2,3). The molecule has 0 radical (unpaired) electrons. The molecule has 2 rings (SSSR count). The fourth-order valence-electron chi connectivity index (χ4n) is 1.21. The molecule has 2 aromatic heterocycles. The van der Waals surface area contributed by atoms with Crippen LogP contribution in [0.5, 0.6) is 0 Å². The Bertz CT molecular complexity index is 452. The lowest BCUT2D eigenvalue weighted by molar-refractivity contribution is -0.122. The third kappa shape index (κ3) is 4.47. The van der Waals surface area contributed by atoms with E-state index in [0.29, 0.717) is 18.5 Å². The number of imidazole rings is 1. The highest BCUT2D eigenvalue weighted by atomic mass is 16.3. The van der Waals surface area contributed by atoms with Crippen molar-refractivity contribution in [1.29, 1.82) is 0 Å². The van der Waals surface area contributed by atoms with Crippen LogP contribution >= 0.6 is 0 Å². The Kier molecular flexibility index (Phi) is 5.67. The number of nitrogens with zero attached hydrogens (tertiary/aromatic N) is 2. The van der Waals surface area contributed by atoms with Gasteiger partial charge in [0, 0.05) is 31.6 Å². The first-order valence-electron chi connectivity index (χ1n) is 5.11. The molecule has 8 heteroatoms. The van der Waals surface area contributed by atoms with E-state index in [1.807, 2.05) is 0 Å².